The molecule has 2 aliphatic rings. The Hall–Kier alpha value is -2.92. The molecule has 30 heavy (non-hydrogen) atoms. The molecular weight excluding hydrogens is 398 g/mol. The Morgan fingerprint density at radius 1 is 1.17 bits per heavy atom. The molecule has 3 aromatic rings. The first-order valence-electron chi connectivity index (χ1n) is 10.2. The second-order valence-electron chi connectivity index (χ2n) is 8.25. The summed E-state index contributed by atoms with van der Waals surface area (Å²) in [6, 6.07) is 13.5. The van der Waals surface area contributed by atoms with Gasteiger partial charge in [0.2, 0.25) is 0 Å². The number of amides is 3. The summed E-state index contributed by atoms with van der Waals surface area (Å²) >= 11 is 6.48. The number of imide groups is 1. The maximum absolute atomic E-state index is 13.5. The highest BCUT2D eigenvalue weighted by Crippen LogP contribution is 2.40. The molecule has 1 atom stereocenters. The van der Waals surface area contributed by atoms with E-state index in [0.29, 0.717) is 17.1 Å². The summed E-state index contributed by atoms with van der Waals surface area (Å²) < 4.78 is 0. The molecule has 0 unspecified atom stereocenters. The van der Waals surface area contributed by atoms with Crippen LogP contribution in [-0.4, -0.2) is 21.8 Å². The minimum atomic E-state index is -0.976. The van der Waals surface area contributed by atoms with Crippen LogP contribution < -0.4 is 5.32 Å². The zero-order valence-corrected chi connectivity index (χ0v) is 17.7. The number of rotatable bonds is 2. The van der Waals surface area contributed by atoms with Crippen molar-refractivity contribution < 1.29 is 9.59 Å². The number of nitrogens with one attached hydrogen (secondary N) is 1. The Morgan fingerprint density at radius 2 is 1.97 bits per heavy atom. The minimum Gasteiger partial charge on any atom is -0.319 e. The summed E-state index contributed by atoms with van der Waals surface area (Å²) in [6.45, 7) is 4.15. The largest absolute Gasteiger partial charge is 0.325 e. The predicted molar refractivity (Wildman–Crippen MR) is 116 cm³/mol. The zero-order valence-electron chi connectivity index (χ0n) is 17.0. The van der Waals surface area contributed by atoms with Gasteiger partial charge in [0.25, 0.3) is 5.91 Å². The number of hydrogen-bond donors (Lipinski definition) is 1. The monoisotopic (exact) mass is 419 g/mol. The van der Waals surface area contributed by atoms with Crippen molar-refractivity contribution in [2.45, 2.75) is 45.2 Å². The Labute approximate surface area is 180 Å². The van der Waals surface area contributed by atoms with Crippen LogP contribution in [0.4, 0.5) is 4.79 Å². The molecule has 152 valence electrons. The number of aromatic nitrogens is 1. The summed E-state index contributed by atoms with van der Waals surface area (Å²) in [7, 11) is 0. The van der Waals surface area contributed by atoms with Crippen molar-refractivity contribution >= 4 is 34.4 Å². The molecule has 5 rings (SSSR count). The van der Waals surface area contributed by atoms with Crippen molar-refractivity contribution in [1.29, 1.82) is 0 Å². The fraction of sp³-hybridized carbons (Fsp3) is 0.292. The lowest BCUT2D eigenvalue weighted by Gasteiger charge is -2.33. The number of urea groups is 1. The highest BCUT2D eigenvalue weighted by Gasteiger charge is 2.53. The van der Waals surface area contributed by atoms with Gasteiger partial charge in [-0.2, -0.15) is 0 Å². The van der Waals surface area contributed by atoms with Crippen LogP contribution >= 0.6 is 11.6 Å². The van der Waals surface area contributed by atoms with Gasteiger partial charge in [-0.1, -0.05) is 48.0 Å². The maximum Gasteiger partial charge on any atom is 0.325 e. The van der Waals surface area contributed by atoms with E-state index in [0.717, 1.165) is 46.0 Å². The van der Waals surface area contributed by atoms with Crippen LogP contribution in [0.1, 0.15) is 40.7 Å². The molecule has 1 aromatic heterocycles. The molecule has 0 bridgehead atoms. The van der Waals surface area contributed by atoms with Crippen LogP contribution in [0.15, 0.2) is 42.5 Å². The van der Waals surface area contributed by atoms with Crippen LogP contribution in [-0.2, 0) is 23.3 Å². The summed E-state index contributed by atoms with van der Waals surface area (Å²) in [4.78, 5) is 32.2. The Morgan fingerprint density at radius 3 is 2.80 bits per heavy atom. The van der Waals surface area contributed by atoms with Crippen LogP contribution in [0.3, 0.4) is 0 Å². The molecule has 1 saturated heterocycles. The van der Waals surface area contributed by atoms with E-state index in [9.17, 15) is 9.59 Å². The molecule has 1 fully saturated rings. The quantitative estimate of drug-likeness (QED) is 0.480. The van der Waals surface area contributed by atoms with E-state index >= 15 is 0 Å². The standard InChI is InChI=1S/C24H22ClN3O2/c1-14-9-10-17-12-18(21(25)26-20(17)15(14)2)13-28-22(29)24(27-23(28)30)11-5-7-16-6-3-4-8-19(16)24/h3-4,6,8-10,12H,5,7,11,13H2,1-2H3,(H,27,30)/t24-/m0/s1. The number of pyridine rings is 1. The molecule has 2 aromatic carbocycles. The summed E-state index contributed by atoms with van der Waals surface area (Å²) in [6.07, 6.45) is 2.38. The number of hydrogen-bond acceptors (Lipinski definition) is 3. The number of carbonyl (C=O) groups excluding carboxylic acids is 2. The predicted octanol–water partition coefficient (Wildman–Crippen LogP) is 4.79. The van der Waals surface area contributed by atoms with Gasteiger partial charge in [0, 0.05) is 10.9 Å². The topological polar surface area (TPSA) is 62.3 Å². The van der Waals surface area contributed by atoms with Gasteiger partial charge in [-0.15, -0.1) is 0 Å². The zero-order chi connectivity index (χ0) is 21.0. The van der Waals surface area contributed by atoms with Gasteiger partial charge < -0.3 is 5.32 Å². The Kier molecular flexibility index (Phi) is 4.33. The average Bonchev–Trinajstić information content (AvgIpc) is 2.97. The lowest BCUT2D eigenvalue weighted by atomic mass is 9.76. The Balaban J connectivity index is 1.53. The van der Waals surface area contributed by atoms with Gasteiger partial charge in [0.1, 0.15) is 10.7 Å². The van der Waals surface area contributed by atoms with E-state index in [1.165, 1.54) is 4.90 Å². The first-order valence-corrected chi connectivity index (χ1v) is 10.6. The van der Waals surface area contributed by atoms with Gasteiger partial charge in [-0.25, -0.2) is 9.78 Å². The van der Waals surface area contributed by atoms with Crippen LogP contribution in [0.25, 0.3) is 10.9 Å². The molecule has 0 radical (unpaired) electrons. The summed E-state index contributed by atoms with van der Waals surface area (Å²) in [5.41, 5.74) is 4.78. The first-order chi connectivity index (χ1) is 14.4. The third-order valence-corrected chi connectivity index (χ3v) is 6.84. The number of benzene rings is 2. The summed E-state index contributed by atoms with van der Waals surface area (Å²) in [5.74, 6) is -0.212. The highest BCUT2D eigenvalue weighted by molar-refractivity contribution is 6.30. The average molecular weight is 420 g/mol. The fourth-order valence-electron chi connectivity index (χ4n) is 4.74. The van der Waals surface area contributed by atoms with Crippen molar-refractivity contribution in [3.63, 3.8) is 0 Å². The van der Waals surface area contributed by atoms with Crippen molar-refractivity contribution in [3.8, 4) is 0 Å². The van der Waals surface area contributed by atoms with Crippen molar-refractivity contribution in [2.24, 2.45) is 0 Å². The molecule has 1 spiro atoms. The van der Waals surface area contributed by atoms with Gasteiger partial charge in [0.05, 0.1) is 12.1 Å². The molecule has 0 saturated carbocycles. The van der Waals surface area contributed by atoms with Gasteiger partial charge >= 0.3 is 6.03 Å². The third-order valence-electron chi connectivity index (χ3n) is 6.52. The highest BCUT2D eigenvalue weighted by atomic mass is 35.5. The Bertz CT molecular complexity index is 1220. The number of nitrogens with zero attached hydrogens (tertiary/aromatic N) is 2. The van der Waals surface area contributed by atoms with Crippen LogP contribution in [0.2, 0.25) is 5.15 Å². The fourth-order valence-corrected chi connectivity index (χ4v) is 4.94. The second kappa shape index (κ2) is 6.81. The van der Waals surface area contributed by atoms with Gasteiger partial charge in [-0.3, -0.25) is 9.69 Å². The molecule has 3 amide bonds. The van der Waals surface area contributed by atoms with Crippen molar-refractivity contribution in [2.75, 3.05) is 0 Å². The smallest absolute Gasteiger partial charge is 0.319 e. The molecule has 2 heterocycles. The van der Waals surface area contributed by atoms with Crippen LogP contribution in [0.5, 0.6) is 0 Å². The molecule has 1 N–H and O–H groups in total. The van der Waals surface area contributed by atoms with Crippen molar-refractivity contribution in [3.05, 3.63) is 75.4 Å². The number of fused-ring (bicyclic) bond motifs is 3. The molecular formula is C24H22ClN3O2. The SMILES string of the molecule is Cc1ccc2cc(CN3C(=O)N[C@]4(CCCc5ccccc54)C3=O)c(Cl)nc2c1C. The summed E-state index contributed by atoms with van der Waals surface area (Å²) in [5, 5.41) is 4.26. The number of carbonyl (C=O) groups is 2. The lowest BCUT2D eigenvalue weighted by molar-refractivity contribution is -0.132. The normalized spacial score (nSPS) is 20.7. The van der Waals surface area contributed by atoms with Gasteiger partial charge in [-0.05, 0) is 61.4 Å². The number of aryl methyl sites for hydroxylation is 3. The third kappa shape index (κ3) is 2.72. The second-order valence-corrected chi connectivity index (χ2v) is 8.61. The maximum atomic E-state index is 13.5. The van der Waals surface area contributed by atoms with Gasteiger partial charge in [0.15, 0.2) is 0 Å². The van der Waals surface area contributed by atoms with E-state index < -0.39 is 5.54 Å². The van der Waals surface area contributed by atoms with E-state index in [1.807, 2.05) is 56.3 Å². The van der Waals surface area contributed by atoms with E-state index in [4.69, 9.17) is 11.6 Å². The minimum absolute atomic E-state index is 0.100. The van der Waals surface area contributed by atoms with E-state index in [1.54, 1.807) is 0 Å². The number of halogens is 1. The van der Waals surface area contributed by atoms with E-state index in [2.05, 4.69) is 10.3 Å². The molecule has 1 aliphatic heterocycles. The van der Waals surface area contributed by atoms with Crippen LogP contribution in [0, 0.1) is 13.8 Å². The van der Waals surface area contributed by atoms with Crippen molar-refractivity contribution in [1.82, 2.24) is 15.2 Å². The lowest BCUT2D eigenvalue weighted by Crippen LogP contribution is -2.46. The molecule has 5 nitrogen and oxygen atoms in total. The molecule has 1 aliphatic carbocycles. The van der Waals surface area contributed by atoms with E-state index in [-0.39, 0.29) is 18.5 Å². The molecule has 6 heteroatoms. The first kappa shape index (κ1) is 19.1.